The van der Waals surface area contributed by atoms with Crippen LogP contribution in [-0.4, -0.2) is 25.0 Å². The molecular formula is C16H25BrN2. The van der Waals surface area contributed by atoms with Crippen molar-refractivity contribution in [3.8, 4) is 0 Å². The zero-order chi connectivity index (χ0) is 13.8. The lowest BCUT2D eigenvalue weighted by molar-refractivity contribution is 0.296. The van der Waals surface area contributed by atoms with Crippen molar-refractivity contribution in [1.82, 2.24) is 10.2 Å². The van der Waals surface area contributed by atoms with E-state index in [1.807, 2.05) is 7.05 Å². The van der Waals surface area contributed by atoms with Crippen LogP contribution >= 0.6 is 15.9 Å². The first-order valence-corrected chi connectivity index (χ1v) is 8.03. The van der Waals surface area contributed by atoms with E-state index < -0.39 is 0 Å². The van der Waals surface area contributed by atoms with Gasteiger partial charge in [0, 0.05) is 24.1 Å². The summed E-state index contributed by atoms with van der Waals surface area (Å²) < 4.78 is 1.24. The van der Waals surface area contributed by atoms with Crippen LogP contribution in [0.4, 0.5) is 0 Å². The van der Waals surface area contributed by atoms with Crippen molar-refractivity contribution in [3.05, 3.63) is 33.8 Å². The fraction of sp³-hybridized carbons (Fsp3) is 0.625. The Morgan fingerprint density at radius 1 is 1.42 bits per heavy atom. The van der Waals surface area contributed by atoms with Gasteiger partial charge in [-0.3, -0.25) is 4.90 Å². The van der Waals surface area contributed by atoms with Gasteiger partial charge in [0.2, 0.25) is 0 Å². The van der Waals surface area contributed by atoms with Gasteiger partial charge in [-0.15, -0.1) is 0 Å². The maximum atomic E-state index is 3.71. The Morgan fingerprint density at radius 3 is 2.79 bits per heavy atom. The molecule has 3 heteroatoms. The van der Waals surface area contributed by atoms with Gasteiger partial charge in [0.25, 0.3) is 0 Å². The van der Waals surface area contributed by atoms with Crippen molar-refractivity contribution >= 4 is 15.9 Å². The summed E-state index contributed by atoms with van der Waals surface area (Å²) >= 11 is 3.71. The highest BCUT2D eigenvalue weighted by atomic mass is 79.9. The molecule has 0 spiro atoms. The molecule has 1 fully saturated rings. The van der Waals surface area contributed by atoms with Crippen LogP contribution in [-0.2, 0) is 13.1 Å². The number of rotatable bonds is 5. The molecule has 1 unspecified atom stereocenters. The van der Waals surface area contributed by atoms with Crippen LogP contribution in [0.15, 0.2) is 22.7 Å². The molecule has 1 N–H and O–H groups in total. The van der Waals surface area contributed by atoms with Gasteiger partial charge in [0.1, 0.15) is 0 Å². The van der Waals surface area contributed by atoms with Crippen LogP contribution in [0.1, 0.15) is 31.4 Å². The van der Waals surface area contributed by atoms with E-state index in [0.717, 1.165) is 24.9 Å². The minimum absolute atomic E-state index is 0.812. The summed E-state index contributed by atoms with van der Waals surface area (Å²) in [6.07, 6.45) is 1.35. The lowest BCUT2D eigenvalue weighted by Gasteiger charge is -2.19. The van der Waals surface area contributed by atoms with Crippen LogP contribution in [0.3, 0.4) is 0 Å². The van der Waals surface area contributed by atoms with Gasteiger partial charge in [-0.05, 0) is 49.0 Å². The largest absolute Gasteiger partial charge is 0.316 e. The molecule has 0 amide bonds. The van der Waals surface area contributed by atoms with Crippen LogP contribution in [0, 0.1) is 11.8 Å². The van der Waals surface area contributed by atoms with E-state index in [0.29, 0.717) is 0 Å². The predicted octanol–water partition coefficient (Wildman–Crippen LogP) is 3.65. The standard InChI is InChI=1S/C16H25BrN2/c1-12(2)14-6-7-19(10-14)11-15-5-4-13(9-18-3)8-16(15)17/h4-5,8,12,14,18H,6-7,9-11H2,1-3H3. The quantitative estimate of drug-likeness (QED) is 0.889. The lowest BCUT2D eigenvalue weighted by Crippen LogP contribution is -2.21. The highest BCUT2D eigenvalue weighted by Crippen LogP contribution is 2.27. The Kier molecular flexibility index (Phi) is 5.43. The Labute approximate surface area is 125 Å². The zero-order valence-electron chi connectivity index (χ0n) is 12.2. The Hall–Kier alpha value is -0.380. The van der Waals surface area contributed by atoms with Crippen LogP contribution < -0.4 is 5.32 Å². The summed E-state index contributed by atoms with van der Waals surface area (Å²) in [6, 6.07) is 6.73. The maximum absolute atomic E-state index is 3.71. The van der Waals surface area contributed by atoms with Gasteiger partial charge < -0.3 is 5.32 Å². The number of halogens is 1. The first-order chi connectivity index (χ1) is 9.10. The minimum Gasteiger partial charge on any atom is -0.316 e. The van der Waals surface area contributed by atoms with E-state index >= 15 is 0 Å². The summed E-state index contributed by atoms with van der Waals surface area (Å²) in [5.41, 5.74) is 2.74. The summed E-state index contributed by atoms with van der Waals surface area (Å²) in [4.78, 5) is 2.59. The molecule has 0 bridgehead atoms. The van der Waals surface area contributed by atoms with Crippen molar-refractivity contribution in [2.24, 2.45) is 11.8 Å². The van der Waals surface area contributed by atoms with Crippen molar-refractivity contribution in [2.45, 2.75) is 33.4 Å². The first-order valence-electron chi connectivity index (χ1n) is 7.24. The molecule has 1 aromatic rings. The number of hydrogen-bond donors (Lipinski definition) is 1. The van der Waals surface area contributed by atoms with E-state index in [4.69, 9.17) is 0 Å². The molecule has 0 radical (unpaired) electrons. The van der Waals surface area contributed by atoms with Gasteiger partial charge in [-0.2, -0.15) is 0 Å². The molecule has 0 aliphatic carbocycles. The van der Waals surface area contributed by atoms with Crippen molar-refractivity contribution < 1.29 is 0 Å². The van der Waals surface area contributed by atoms with E-state index in [1.165, 1.54) is 35.1 Å². The number of hydrogen-bond acceptors (Lipinski definition) is 2. The highest BCUT2D eigenvalue weighted by Gasteiger charge is 2.24. The molecule has 1 heterocycles. The van der Waals surface area contributed by atoms with Gasteiger partial charge in [-0.25, -0.2) is 0 Å². The third-order valence-electron chi connectivity index (χ3n) is 4.14. The number of benzene rings is 1. The summed E-state index contributed by atoms with van der Waals surface area (Å²) in [7, 11) is 1.98. The molecule has 106 valence electrons. The summed E-state index contributed by atoms with van der Waals surface area (Å²) in [5.74, 6) is 1.69. The fourth-order valence-corrected chi connectivity index (χ4v) is 3.38. The predicted molar refractivity (Wildman–Crippen MR) is 85.1 cm³/mol. The van der Waals surface area contributed by atoms with E-state index in [2.05, 4.69) is 58.2 Å². The second-order valence-electron chi connectivity index (χ2n) is 5.98. The van der Waals surface area contributed by atoms with E-state index in [9.17, 15) is 0 Å². The maximum Gasteiger partial charge on any atom is 0.0245 e. The van der Waals surface area contributed by atoms with E-state index in [-0.39, 0.29) is 0 Å². The Morgan fingerprint density at radius 2 is 2.21 bits per heavy atom. The molecule has 1 aliphatic heterocycles. The zero-order valence-corrected chi connectivity index (χ0v) is 13.8. The van der Waals surface area contributed by atoms with Crippen molar-refractivity contribution in [2.75, 3.05) is 20.1 Å². The summed E-state index contributed by atoms with van der Waals surface area (Å²) in [5, 5.41) is 3.19. The van der Waals surface area contributed by atoms with E-state index in [1.54, 1.807) is 0 Å². The Balaban J connectivity index is 1.96. The van der Waals surface area contributed by atoms with Gasteiger partial charge in [0.15, 0.2) is 0 Å². The average Bonchev–Trinajstić information content (AvgIpc) is 2.82. The minimum atomic E-state index is 0.812. The number of likely N-dealkylation sites (tertiary alicyclic amines) is 1. The Bertz CT molecular complexity index is 417. The molecule has 1 aliphatic rings. The monoisotopic (exact) mass is 324 g/mol. The van der Waals surface area contributed by atoms with Crippen LogP contribution in [0.25, 0.3) is 0 Å². The van der Waals surface area contributed by atoms with Gasteiger partial charge >= 0.3 is 0 Å². The van der Waals surface area contributed by atoms with Crippen molar-refractivity contribution in [3.63, 3.8) is 0 Å². The fourth-order valence-electron chi connectivity index (χ4n) is 2.82. The van der Waals surface area contributed by atoms with Crippen LogP contribution in [0.5, 0.6) is 0 Å². The molecule has 1 atom stereocenters. The SMILES string of the molecule is CNCc1ccc(CN2CCC(C(C)C)C2)c(Br)c1. The second-order valence-corrected chi connectivity index (χ2v) is 6.84. The second kappa shape index (κ2) is 6.87. The highest BCUT2D eigenvalue weighted by molar-refractivity contribution is 9.10. The average molecular weight is 325 g/mol. The molecule has 0 aromatic heterocycles. The normalized spacial score (nSPS) is 20.4. The molecule has 1 saturated heterocycles. The molecule has 1 aromatic carbocycles. The number of nitrogens with one attached hydrogen (secondary N) is 1. The smallest absolute Gasteiger partial charge is 0.0245 e. The molecule has 2 nitrogen and oxygen atoms in total. The van der Waals surface area contributed by atoms with Gasteiger partial charge in [0.05, 0.1) is 0 Å². The van der Waals surface area contributed by atoms with Crippen LogP contribution in [0.2, 0.25) is 0 Å². The van der Waals surface area contributed by atoms with Gasteiger partial charge in [-0.1, -0.05) is 41.9 Å². The number of nitrogens with zero attached hydrogens (tertiary/aromatic N) is 1. The third kappa shape index (κ3) is 4.04. The molecule has 0 saturated carbocycles. The molecule has 2 rings (SSSR count). The van der Waals surface area contributed by atoms with Crippen molar-refractivity contribution in [1.29, 1.82) is 0 Å². The molecule has 19 heavy (non-hydrogen) atoms. The summed E-state index contributed by atoms with van der Waals surface area (Å²) in [6.45, 7) is 9.19. The lowest BCUT2D eigenvalue weighted by atomic mass is 9.95. The molecular weight excluding hydrogens is 300 g/mol. The third-order valence-corrected chi connectivity index (χ3v) is 4.88. The topological polar surface area (TPSA) is 15.3 Å². The first kappa shape index (κ1) is 15.0.